The highest BCUT2D eigenvalue weighted by Crippen LogP contribution is 2.30. The van der Waals surface area contributed by atoms with Crippen LogP contribution in [0.25, 0.3) is 0 Å². The van der Waals surface area contributed by atoms with Crippen molar-refractivity contribution in [1.29, 1.82) is 0 Å². The third-order valence-electron chi connectivity index (χ3n) is 5.85. The number of hydrogen-bond donors (Lipinski definition) is 1. The number of benzene rings is 3. The normalized spacial score (nSPS) is 11.5. The number of hydrogen-bond acceptors (Lipinski definition) is 8. The molecule has 38 heavy (non-hydrogen) atoms. The topological polar surface area (TPSA) is 87.7 Å². The van der Waals surface area contributed by atoms with Crippen molar-refractivity contribution in [2.45, 2.75) is 12.6 Å². The Balaban J connectivity index is 1.84. The number of rotatable bonds is 15. The largest absolute Gasteiger partial charge is 0.493 e. The van der Waals surface area contributed by atoms with E-state index < -0.39 is 6.10 Å². The monoisotopic (exact) mass is 524 g/mol. The molecular weight excluding hydrogens is 488 g/mol. The van der Waals surface area contributed by atoms with Crippen LogP contribution >= 0.6 is 0 Å². The van der Waals surface area contributed by atoms with Gasteiger partial charge in [0.1, 0.15) is 5.75 Å². The molecule has 0 aliphatic heterocycles. The lowest BCUT2D eigenvalue weighted by Crippen LogP contribution is -2.44. The minimum atomic E-state index is -0.817. The quantitative estimate of drug-likeness (QED) is 0.316. The van der Waals surface area contributed by atoms with E-state index in [1.165, 1.54) is 0 Å². The summed E-state index contributed by atoms with van der Waals surface area (Å²) in [5, 5.41) is 2.95. The SMILES string of the molecule is COCCN(Cc1ccc(OC)c(OC)c1)CC(Oc1ccccc1)C(=O)Nc1ccc(OC)c(OC)c1. The van der Waals surface area contributed by atoms with Crippen LogP contribution in [0.15, 0.2) is 66.7 Å². The molecular formula is C29H36N2O7. The van der Waals surface area contributed by atoms with E-state index in [1.807, 2.05) is 48.5 Å². The van der Waals surface area contributed by atoms with Crippen LogP contribution in [0.5, 0.6) is 28.7 Å². The lowest BCUT2D eigenvalue weighted by Gasteiger charge is -2.28. The Kier molecular flexibility index (Phi) is 11.1. The molecule has 1 unspecified atom stereocenters. The van der Waals surface area contributed by atoms with Crippen LogP contribution in [-0.4, -0.2) is 72.2 Å². The van der Waals surface area contributed by atoms with Crippen molar-refractivity contribution < 1.29 is 33.2 Å². The molecule has 0 fully saturated rings. The van der Waals surface area contributed by atoms with Gasteiger partial charge < -0.3 is 33.7 Å². The highest BCUT2D eigenvalue weighted by molar-refractivity contribution is 5.95. The first-order valence-corrected chi connectivity index (χ1v) is 12.2. The summed E-state index contributed by atoms with van der Waals surface area (Å²) < 4.78 is 33.0. The van der Waals surface area contributed by atoms with E-state index in [4.69, 9.17) is 28.4 Å². The summed E-state index contributed by atoms with van der Waals surface area (Å²) in [5.74, 6) is 2.68. The van der Waals surface area contributed by atoms with Crippen molar-refractivity contribution in [2.75, 3.05) is 60.6 Å². The van der Waals surface area contributed by atoms with Gasteiger partial charge in [0.15, 0.2) is 29.1 Å². The Labute approximate surface area is 224 Å². The van der Waals surface area contributed by atoms with Gasteiger partial charge in [-0.05, 0) is 42.0 Å². The summed E-state index contributed by atoms with van der Waals surface area (Å²) in [5.41, 5.74) is 1.56. The van der Waals surface area contributed by atoms with Crippen LogP contribution in [0.1, 0.15) is 5.56 Å². The minimum absolute atomic E-state index is 0.296. The number of nitrogens with zero attached hydrogens (tertiary/aromatic N) is 1. The number of para-hydroxylation sites is 1. The van der Waals surface area contributed by atoms with Gasteiger partial charge >= 0.3 is 0 Å². The fraction of sp³-hybridized carbons (Fsp3) is 0.345. The number of ether oxygens (including phenoxy) is 6. The van der Waals surface area contributed by atoms with E-state index in [2.05, 4.69) is 10.2 Å². The molecule has 0 aliphatic rings. The van der Waals surface area contributed by atoms with Gasteiger partial charge in [-0.1, -0.05) is 24.3 Å². The van der Waals surface area contributed by atoms with Gasteiger partial charge in [0.2, 0.25) is 0 Å². The van der Waals surface area contributed by atoms with Gasteiger partial charge in [-0.3, -0.25) is 9.69 Å². The van der Waals surface area contributed by atoms with Crippen molar-refractivity contribution >= 4 is 11.6 Å². The molecule has 0 saturated heterocycles. The lowest BCUT2D eigenvalue weighted by molar-refractivity contribution is -0.123. The van der Waals surface area contributed by atoms with E-state index in [9.17, 15) is 4.79 Å². The highest BCUT2D eigenvalue weighted by Gasteiger charge is 2.25. The van der Waals surface area contributed by atoms with Gasteiger partial charge in [0.05, 0.1) is 35.0 Å². The average Bonchev–Trinajstić information content (AvgIpc) is 2.95. The number of methoxy groups -OCH3 is 5. The predicted octanol–water partition coefficient (Wildman–Crippen LogP) is 4.26. The zero-order valence-electron chi connectivity index (χ0n) is 22.6. The number of carbonyl (C=O) groups is 1. The molecule has 3 aromatic carbocycles. The van der Waals surface area contributed by atoms with Crippen LogP contribution in [0.4, 0.5) is 5.69 Å². The molecule has 1 amide bonds. The maximum Gasteiger partial charge on any atom is 0.266 e. The Morgan fingerprint density at radius 1 is 0.789 bits per heavy atom. The predicted molar refractivity (Wildman–Crippen MR) is 146 cm³/mol. The van der Waals surface area contributed by atoms with Crippen LogP contribution in [0, 0.1) is 0 Å². The van der Waals surface area contributed by atoms with E-state index in [0.29, 0.717) is 60.7 Å². The smallest absolute Gasteiger partial charge is 0.266 e. The van der Waals surface area contributed by atoms with Gasteiger partial charge in [-0.2, -0.15) is 0 Å². The van der Waals surface area contributed by atoms with E-state index in [-0.39, 0.29) is 5.91 Å². The van der Waals surface area contributed by atoms with E-state index >= 15 is 0 Å². The fourth-order valence-corrected chi connectivity index (χ4v) is 3.90. The van der Waals surface area contributed by atoms with Gasteiger partial charge in [0, 0.05) is 38.5 Å². The third-order valence-corrected chi connectivity index (χ3v) is 5.85. The Morgan fingerprint density at radius 2 is 1.42 bits per heavy atom. The average molecular weight is 525 g/mol. The summed E-state index contributed by atoms with van der Waals surface area (Å²) in [7, 11) is 7.97. The summed E-state index contributed by atoms with van der Waals surface area (Å²) in [6, 6.07) is 20.2. The second-order valence-corrected chi connectivity index (χ2v) is 8.40. The maximum absolute atomic E-state index is 13.5. The first-order chi connectivity index (χ1) is 18.5. The third kappa shape index (κ3) is 8.03. The zero-order chi connectivity index (χ0) is 27.3. The molecule has 9 heteroatoms. The van der Waals surface area contributed by atoms with Crippen molar-refractivity contribution in [3.63, 3.8) is 0 Å². The van der Waals surface area contributed by atoms with Crippen LogP contribution in [0.3, 0.4) is 0 Å². The molecule has 0 aromatic heterocycles. The molecule has 204 valence electrons. The number of anilines is 1. The zero-order valence-corrected chi connectivity index (χ0v) is 22.6. The first-order valence-electron chi connectivity index (χ1n) is 12.2. The maximum atomic E-state index is 13.5. The molecule has 0 aliphatic carbocycles. The van der Waals surface area contributed by atoms with Crippen molar-refractivity contribution in [1.82, 2.24) is 4.90 Å². The molecule has 0 heterocycles. The van der Waals surface area contributed by atoms with Gasteiger partial charge in [-0.15, -0.1) is 0 Å². The summed E-state index contributed by atoms with van der Waals surface area (Å²) >= 11 is 0. The molecule has 0 bridgehead atoms. The molecule has 1 atom stereocenters. The van der Waals surface area contributed by atoms with Crippen molar-refractivity contribution in [2.24, 2.45) is 0 Å². The van der Waals surface area contributed by atoms with Crippen LogP contribution < -0.4 is 29.0 Å². The van der Waals surface area contributed by atoms with E-state index in [1.54, 1.807) is 53.7 Å². The van der Waals surface area contributed by atoms with Crippen LogP contribution in [-0.2, 0) is 16.1 Å². The molecule has 1 N–H and O–H groups in total. The molecule has 0 radical (unpaired) electrons. The first kappa shape index (κ1) is 28.6. The summed E-state index contributed by atoms with van der Waals surface area (Å²) in [6.45, 7) is 1.93. The van der Waals surface area contributed by atoms with Crippen molar-refractivity contribution in [3.05, 3.63) is 72.3 Å². The number of nitrogens with one attached hydrogen (secondary N) is 1. The van der Waals surface area contributed by atoms with Crippen molar-refractivity contribution in [3.8, 4) is 28.7 Å². The standard InChI is InChI=1S/C29H36N2O7/c1-33-16-15-31(19-21-11-13-24(34-2)26(17-21)36-4)20-28(38-23-9-7-6-8-10-23)29(32)30-22-12-14-25(35-3)27(18-22)37-5/h6-14,17-18,28H,15-16,19-20H2,1-5H3,(H,30,32). The number of amides is 1. The fourth-order valence-electron chi connectivity index (χ4n) is 3.90. The lowest BCUT2D eigenvalue weighted by atomic mass is 10.1. The second kappa shape index (κ2) is 14.7. The second-order valence-electron chi connectivity index (χ2n) is 8.40. The molecule has 9 nitrogen and oxygen atoms in total. The Bertz CT molecular complexity index is 1160. The Morgan fingerprint density at radius 3 is 2.05 bits per heavy atom. The van der Waals surface area contributed by atoms with Crippen LogP contribution in [0.2, 0.25) is 0 Å². The van der Waals surface area contributed by atoms with Gasteiger partial charge in [0.25, 0.3) is 5.91 Å². The summed E-state index contributed by atoms with van der Waals surface area (Å²) in [4.78, 5) is 15.6. The number of carbonyl (C=O) groups excluding carboxylic acids is 1. The molecule has 3 rings (SSSR count). The molecule has 0 spiro atoms. The highest BCUT2D eigenvalue weighted by atomic mass is 16.5. The van der Waals surface area contributed by atoms with Gasteiger partial charge in [-0.25, -0.2) is 0 Å². The van der Waals surface area contributed by atoms with E-state index in [0.717, 1.165) is 5.56 Å². The molecule has 3 aromatic rings. The summed E-state index contributed by atoms with van der Waals surface area (Å²) in [6.07, 6.45) is -0.817. The molecule has 0 saturated carbocycles. The Hall–Kier alpha value is -3.95. The minimum Gasteiger partial charge on any atom is -0.493 e.